The quantitative estimate of drug-likeness (QED) is 0.838. The Morgan fingerprint density at radius 1 is 1.24 bits per heavy atom. The molecule has 0 amide bonds. The van der Waals surface area contributed by atoms with Crippen LogP contribution in [0.5, 0.6) is 0 Å². The van der Waals surface area contributed by atoms with Gasteiger partial charge in [0, 0.05) is 4.88 Å². The zero-order valence-corrected chi connectivity index (χ0v) is 12.9. The van der Waals surface area contributed by atoms with Crippen LogP contribution < -0.4 is 10.5 Å². The maximum atomic E-state index is 12.5. The van der Waals surface area contributed by atoms with E-state index in [1.807, 2.05) is 0 Å². The molecule has 1 aliphatic heterocycles. The molecule has 5 nitrogen and oxygen atoms in total. The van der Waals surface area contributed by atoms with Crippen LogP contribution in [0, 0.1) is 0 Å². The van der Waals surface area contributed by atoms with E-state index in [9.17, 15) is 4.79 Å². The van der Waals surface area contributed by atoms with E-state index in [0.717, 1.165) is 61.7 Å². The first-order valence-corrected chi connectivity index (χ1v) is 8.57. The Morgan fingerprint density at radius 3 is 2.90 bits per heavy atom. The summed E-state index contributed by atoms with van der Waals surface area (Å²) in [5.74, 6) is 0.822. The van der Waals surface area contributed by atoms with Crippen molar-refractivity contribution in [1.29, 1.82) is 0 Å². The van der Waals surface area contributed by atoms with Crippen molar-refractivity contribution in [2.24, 2.45) is 0 Å². The number of H-pyrrole nitrogens is 1. The molecule has 1 aliphatic carbocycles. The number of aromatic nitrogens is 2. The number of fused-ring (bicyclic) bond motifs is 3. The Kier molecular flexibility index (Phi) is 3.52. The van der Waals surface area contributed by atoms with Gasteiger partial charge in [-0.2, -0.15) is 0 Å². The molecule has 4 rings (SSSR count). The number of nitrogens with one attached hydrogen (secondary N) is 2. The zero-order chi connectivity index (χ0) is 14.2. The van der Waals surface area contributed by atoms with Gasteiger partial charge < -0.3 is 14.6 Å². The summed E-state index contributed by atoms with van der Waals surface area (Å²) in [7, 11) is 0. The van der Waals surface area contributed by atoms with Crippen LogP contribution >= 0.6 is 11.3 Å². The second kappa shape index (κ2) is 5.51. The van der Waals surface area contributed by atoms with Crippen molar-refractivity contribution in [3.63, 3.8) is 0 Å². The summed E-state index contributed by atoms with van der Waals surface area (Å²) in [6, 6.07) is 0. The molecule has 21 heavy (non-hydrogen) atoms. The van der Waals surface area contributed by atoms with Crippen molar-refractivity contribution in [3.05, 3.63) is 26.6 Å². The van der Waals surface area contributed by atoms with E-state index >= 15 is 0 Å². The Labute approximate surface area is 127 Å². The first-order valence-electron chi connectivity index (χ1n) is 7.76. The normalized spacial score (nSPS) is 19.8. The summed E-state index contributed by atoms with van der Waals surface area (Å²) >= 11 is 1.73. The number of nitrogens with zero attached hydrogens (tertiary/aromatic N) is 1. The van der Waals surface area contributed by atoms with Gasteiger partial charge in [0.1, 0.15) is 24.5 Å². The van der Waals surface area contributed by atoms with Crippen molar-refractivity contribution in [2.45, 2.75) is 32.2 Å². The van der Waals surface area contributed by atoms with Crippen molar-refractivity contribution >= 4 is 21.6 Å². The van der Waals surface area contributed by atoms with E-state index in [-0.39, 0.29) is 5.56 Å². The maximum absolute atomic E-state index is 12.5. The third kappa shape index (κ3) is 2.52. The lowest BCUT2D eigenvalue weighted by molar-refractivity contribution is -0.922. The van der Waals surface area contributed by atoms with Crippen LogP contribution in [0.1, 0.15) is 29.1 Å². The van der Waals surface area contributed by atoms with Crippen LogP contribution in [0.15, 0.2) is 4.79 Å². The smallest absolute Gasteiger partial charge is 0.260 e. The summed E-state index contributed by atoms with van der Waals surface area (Å²) in [5.41, 5.74) is 1.32. The largest absolute Gasteiger partial charge is 0.370 e. The summed E-state index contributed by atoms with van der Waals surface area (Å²) in [4.78, 5) is 24.0. The lowest BCUT2D eigenvalue weighted by Crippen LogP contribution is -3.12. The van der Waals surface area contributed by atoms with E-state index in [0.29, 0.717) is 0 Å². The van der Waals surface area contributed by atoms with Crippen molar-refractivity contribution in [3.8, 4) is 0 Å². The molecule has 0 unspecified atom stereocenters. The number of hydrogen-bond acceptors (Lipinski definition) is 4. The van der Waals surface area contributed by atoms with Gasteiger partial charge in [0.15, 0.2) is 5.82 Å². The number of thiophene rings is 1. The Balaban J connectivity index is 1.70. The summed E-state index contributed by atoms with van der Waals surface area (Å²) in [6.07, 6.45) is 4.58. The fourth-order valence-corrected chi connectivity index (χ4v) is 4.65. The minimum atomic E-state index is 0.0575. The fourth-order valence-electron chi connectivity index (χ4n) is 3.37. The standard InChI is InChI=1S/C15H19N3O2S/c19-14-13-10-3-1-2-4-11(10)21-15(13)17-12(16-14)9-18-5-7-20-8-6-18/h1-9H2,(H,16,17,19)/p+1. The molecule has 2 aromatic heterocycles. The molecule has 1 saturated heterocycles. The Hall–Kier alpha value is -1.24. The second-order valence-electron chi connectivity index (χ2n) is 5.94. The van der Waals surface area contributed by atoms with Crippen molar-refractivity contribution in [1.82, 2.24) is 9.97 Å². The Bertz CT molecular complexity index is 716. The topological polar surface area (TPSA) is 59.4 Å². The molecule has 3 heterocycles. The maximum Gasteiger partial charge on any atom is 0.260 e. The van der Waals surface area contributed by atoms with Gasteiger partial charge in [-0.25, -0.2) is 4.98 Å². The number of ether oxygens (including phenoxy) is 1. The number of hydrogen-bond donors (Lipinski definition) is 2. The van der Waals surface area contributed by atoms with E-state index in [1.165, 1.54) is 28.2 Å². The lowest BCUT2D eigenvalue weighted by Gasteiger charge is -2.23. The van der Waals surface area contributed by atoms with Gasteiger partial charge in [0.05, 0.1) is 18.6 Å². The molecule has 2 aliphatic rings. The Morgan fingerprint density at radius 2 is 2.05 bits per heavy atom. The van der Waals surface area contributed by atoms with Gasteiger partial charge in [0.2, 0.25) is 0 Å². The van der Waals surface area contributed by atoms with E-state index in [2.05, 4.69) is 4.98 Å². The number of morpholine rings is 1. The summed E-state index contributed by atoms with van der Waals surface area (Å²) in [6.45, 7) is 4.37. The van der Waals surface area contributed by atoms with Crippen molar-refractivity contribution < 1.29 is 9.64 Å². The van der Waals surface area contributed by atoms with E-state index < -0.39 is 0 Å². The first-order chi connectivity index (χ1) is 10.3. The highest BCUT2D eigenvalue weighted by atomic mass is 32.1. The molecule has 112 valence electrons. The summed E-state index contributed by atoms with van der Waals surface area (Å²) < 4.78 is 5.38. The SMILES string of the molecule is O=c1[nH]c(C[NH+]2CCOCC2)nc2sc3c(c12)CCCC3. The molecular weight excluding hydrogens is 286 g/mol. The third-order valence-electron chi connectivity index (χ3n) is 4.49. The highest BCUT2D eigenvalue weighted by Crippen LogP contribution is 2.33. The average Bonchev–Trinajstić information content (AvgIpc) is 2.87. The van der Waals surface area contributed by atoms with Crippen LogP contribution in [-0.4, -0.2) is 36.3 Å². The molecule has 0 aromatic carbocycles. The number of aromatic amines is 1. The molecular formula is C15H20N3O2S+. The number of quaternary nitrogens is 1. The molecule has 6 heteroatoms. The predicted molar refractivity (Wildman–Crippen MR) is 82.1 cm³/mol. The van der Waals surface area contributed by atoms with Gasteiger partial charge in [-0.05, 0) is 31.2 Å². The minimum Gasteiger partial charge on any atom is -0.370 e. The van der Waals surface area contributed by atoms with Crippen LogP contribution in [0.2, 0.25) is 0 Å². The van der Waals surface area contributed by atoms with Gasteiger partial charge in [0.25, 0.3) is 5.56 Å². The van der Waals surface area contributed by atoms with Gasteiger partial charge in [-0.3, -0.25) is 4.79 Å². The molecule has 2 aromatic rings. The summed E-state index contributed by atoms with van der Waals surface area (Å²) in [5, 5.41) is 0.857. The monoisotopic (exact) mass is 306 g/mol. The molecule has 2 N–H and O–H groups in total. The van der Waals surface area contributed by atoms with Gasteiger partial charge in [-0.1, -0.05) is 0 Å². The van der Waals surface area contributed by atoms with Crippen LogP contribution in [0.4, 0.5) is 0 Å². The lowest BCUT2D eigenvalue weighted by atomic mass is 9.97. The van der Waals surface area contributed by atoms with Crippen molar-refractivity contribution in [2.75, 3.05) is 26.3 Å². The highest BCUT2D eigenvalue weighted by molar-refractivity contribution is 7.18. The third-order valence-corrected chi connectivity index (χ3v) is 5.68. The van der Waals surface area contributed by atoms with Gasteiger partial charge in [-0.15, -0.1) is 11.3 Å². The average molecular weight is 306 g/mol. The minimum absolute atomic E-state index is 0.0575. The molecule has 1 fully saturated rings. The van der Waals surface area contributed by atoms with Crippen LogP contribution in [0.3, 0.4) is 0 Å². The van der Waals surface area contributed by atoms with Crippen LogP contribution in [-0.2, 0) is 24.1 Å². The first kappa shape index (κ1) is 13.4. The molecule has 0 saturated carbocycles. The van der Waals surface area contributed by atoms with E-state index in [1.54, 1.807) is 11.3 Å². The zero-order valence-electron chi connectivity index (χ0n) is 12.0. The van der Waals surface area contributed by atoms with Gasteiger partial charge >= 0.3 is 0 Å². The number of aryl methyl sites for hydroxylation is 2. The van der Waals surface area contributed by atoms with E-state index in [4.69, 9.17) is 9.72 Å². The second-order valence-corrected chi connectivity index (χ2v) is 7.03. The molecule has 0 spiro atoms. The molecule has 0 radical (unpaired) electrons. The molecule has 0 atom stereocenters. The van der Waals surface area contributed by atoms with Crippen LogP contribution in [0.25, 0.3) is 10.2 Å². The predicted octanol–water partition coefficient (Wildman–Crippen LogP) is 0.278. The fraction of sp³-hybridized carbons (Fsp3) is 0.600. The molecule has 0 bridgehead atoms. The number of rotatable bonds is 2. The highest BCUT2D eigenvalue weighted by Gasteiger charge is 2.21.